The van der Waals surface area contributed by atoms with Crippen molar-refractivity contribution in [1.82, 2.24) is 0 Å². The predicted octanol–water partition coefficient (Wildman–Crippen LogP) is 2.25. The van der Waals surface area contributed by atoms with Crippen LogP contribution in [0.1, 0.15) is 38.3 Å². The van der Waals surface area contributed by atoms with Gasteiger partial charge in [0.1, 0.15) is 5.75 Å². The average molecular weight is 250 g/mol. The first kappa shape index (κ1) is 15.0. The number of rotatable bonds is 7. The largest absolute Gasteiger partial charge is 0.493 e. The molecule has 2 unspecified atom stereocenters. The molecule has 0 aliphatic rings. The Balaban J connectivity index is 2.88. The van der Waals surface area contributed by atoms with E-state index < -0.39 is 0 Å². The van der Waals surface area contributed by atoms with Crippen molar-refractivity contribution in [2.45, 2.75) is 52.1 Å². The van der Waals surface area contributed by atoms with E-state index >= 15 is 0 Å². The third kappa shape index (κ3) is 5.07. The predicted molar refractivity (Wildman–Crippen MR) is 76.9 cm³/mol. The Kier molecular flexibility index (Phi) is 6.16. The second kappa shape index (κ2) is 7.39. The van der Waals surface area contributed by atoms with Gasteiger partial charge in [0.2, 0.25) is 0 Å². The highest BCUT2D eigenvalue weighted by Crippen LogP contribution is 2.22. The van der Waals surface area contributed by atoms with Crippen molar-refractivity contribution >= 4 is 0 Å². The molecule has 0 saturated carbocycles. The van der Waals surface area contributed by atoms with Gasteiger partial charge in [0, 0.05) is 12.1 Å². The van der Waals surface area contributed by atoms with Crippen molar-refractivity contribution in [2.24, 2.45) is 11.5 Å². The van der Waals surface area contributed by atoms with E-state index in [4.69, 9.17) is 16.2 Å². The lowest BCUT2D eigenvalue weighted by atomic mass is 10.00. The van der Waals surface area contributed by atoms with Crippen LogP contribution in [-0.4, -0.2) is 18.7 Å². The Morgan fingerprint density at radius 2 is 1.78 bits per heavy atom. The minimum atomic E-state index is 0.138. The highest BCUT2D eigenvalue weighted by molar-refractivity contribution is 5.38. The summed E-state index contributed by atoms with van der Waals surface area (Å²) in [6, 6.07) is 6.64. The Morgan fingerprint density at radius 1 is 1.11 bits per heavy atom. The van der Waals surface area contributed by atoms with Crippen LogP contribution in [0.3, 0.4) is 0 Å². The van der Waals surface area contributed by atoms with Crippen molar-refractivity contribution in [3.05, 3.63) is 29.3 Å². The zero-order valence-electron chi connectivity index (χ0n) is 11.8. The second-order valence-corrected chi connectivity index (χ2v) is 5.15. The van der Waals surface area contributed by atoms with E-state index in [0.29, 0.717) is 0 Å². The quantitative estimate of drug-likeness (QED) is 0.780. The van der Waals surface area contributed by atoms with E-state index in [1.807, 2.05) is 19.9 Å². The molecule has 1 rings (SSSR count). The van der Waals surface area contributed by atoms with Crippen molar-refractivity contribution in [3.63, 3.8) is 0 Å². The first-order valence-electron chi connectivity index (χ1n) is 6.78. The molecule has 0 aliphatic heterocycles. The maximum Gasteiger partial charge on any atom is 0.122 e. The van der Waals surface area contributed by atoms with Crippen LogP contribution < -0.4 is 16.2 Å². The molecule has 0 aromatic heterocycles. The highest BCUT2D eigenvalue weighted by Gasteiger charge is 2.08. The van der Waals surface area contributed by atoms with Crippen LogP contribution in [0.5, 0.6) is 5.75 Å². The molecule has 3 nitrogen and oxygen atoms in total. The summed E-state index contributed by atoms with van der Waals surface area (Å²) in [4.78, 5) is 0. The summed E-state index contributed by atoms with van der Waals surface area (Å²) in [7, 11) is 0. The molecule has 1 aromatic rings. The van der Waals surface area contributed by atoms with Gasteiger partial charge in [-0.2, -0.15) is 0 Å². The van der Waals surface area contributed by atoms with Gasteiger partial charge in [-0.3, -0.25) is 0 Å². The van der Waals surface area contributed by atoms with Crippen LogP contribution in [0.25, 0.3) is 0 Å². The molecule has 0 aliphatic carbocycles. The van der Waals surface area contributed by atoms with Gasteiger partial charge in [-0.15, -0.1) is 0 Å². The molecule has 0 heterocycles. The lowest BCUT2D eigenvalue weighted by molar-refractivity contribution is 0.313. The van der Waals surface area contributed by atoms with Gasteiger partial charge in [-0.25, -0.2) is 0 Å². The SMILES string of the molecule is CCCOc1ccc(CC(C)N)cc1CC(C)N. The Labute approximate surface area is 111 Å². The topological polar surface area (TPSA) is 61.3 Å². The molecule has 4 N–H and O–H groups in total. The van der Waals surface area contributed by atoms with Gasteiger partial charge < -0.3 is 16.2 Å². The van der Waals surface area contributed by atoms with E-state index in [1.165, 1.54) is 11.1 Å². The number of hydrogen-bond donors (Lipinski definition) is 2. The second-order valence-electron chi connectivity index (χ2n) is 5.15. The van der Waals surface area contributed by atoms with Crippen LogP contribution in [-0.2, 0) is 12.8 Å². The lowest BCUT2D eigenvalue weighted by Crippen LogP contribution is -2.20. The van der Waals surface area contributed by atoms with Gasteiger partial charge >= 0.3 is 0 Å². The minimum Gasteiger partial charge on any atom is -0.493 e. The van der Waals surface area contributed by atoms with Gasteiger partial charge in [0.15, 0.2) is 0 Å². The summed E-state index contributed by atoms with van der Waals surface area (Å²) >= 11 is 0. The fraction of sp³-hybridized carbons (Fsp3) is 0.600. The number of hydrogen-bond acceptors (Lipinski definition) is 3. The van der Waals surface area contributed by atoms with Gasteiger partial charge in [-0.05, 0) is 50.3 Å². The summed E-state index contributed by atoms with van der Waals surface area (Å²) in [5.41, 5.74) is 14.2. The summed E-state index contributed by atoms with van der Waals surface area (Å²) in [5, 5.41) is 0. The van der Waals surface area contributed by atoms with Crippen molar-refractivity contribution < 1.29 is 4.74 Å². The standard InChI is InChI=1S/C15H26N2O/c1-4-7-18-15-6-5-13(8-11(2)16)10-14(15)9-12(3)17/h5-6,10-12H,4,7-9,16-17H2,1-3H3. The Morgan fingerprint density at radius 3 is 2.33 bits per heavy atom. The van der Waals surface area contributed by atoms with Crippen molar-refractivity contribution in [3.8, 4) is 5.75 Å². The van der Waals surface area contributed by atoms with Crippen molar-refractivity contribution in [1.29, 1.82) is 0 Å². The van der Waals surface area contributed by atoms with Crippen LogP contribution in [0.15, 0.2) is 18.2 Å². The molecular weight excluding hydrogens is 224 g/mol. The van der Waals surface area contributed by atoms with E-state index in [2.05, 4.69) is 19.1 Å². The van der Waals surface area contributed by atoms with E-state index in [9.17, 15) is 0 Å². The smallest absolute Gasteiger partial charge is 0.122 e. The molecule has 0 spiro atoms. The average Bonchev–Trinajstić information content (AvgIpc) is 2.26. The number of nitrogens with two attached hydrogens (primary N) is 2. The summed E-state index contributed by atoms with van der Waals surface area (Å²) < 4.78 is 5.76. The molecule has 0 fully saturated rings. The molecule has 0 bridgehead atoms. The molecule has 0 radical (unpaired) electrons. The maximum absolute atomic E-state index is 5.89. The highest BCUT2D eigenvalue weighted by atomic mass is 16.5. The van der Waals surface area contributed by atoms with E-state index in [-0.39, 0.29) is 12.1 Å². The molecule has 1 aromatic carbocycles. The van der Waals surface area contributed by atoms with Crippen LogP contribution in [0, 0.1) is 0 Å². The van der Waals surface area contributed by atoms with Gasteiger partial charge in [0.05, 0.1) is 6.61 Å². The molecule has 18 heavy (non-hydrogen) atoms. The lowest BCUT2D eigenvalue weighted by Gasteiger charge is -2.15. The fourth-order valence-corrected chi connectivity index (χ4v) is 1.99. The third-order valence-electron chi connectivity index (χ3n) is 2.69. The molecule has 102 valence electrons. The Hall–Kier alpha value is -1.06. The number of ether oxygens (including phenoxy) is 1. The first-order chi connectivity index (χ1) is 8.52. The fourth-order valence-electron chi connectivity index (χ4n) is 1.99. The normalized spacial score (nSPS) is 14.3. The molecule has 0 amide bonds. The molecular formula is C15H26N2O. The summed E-state index contributed by atoms with van der Waals surface area (Å²) in [6.07, 6.45) is 2.74. The molecule has 3 heteroatoms. The summed E-state index contributed by atoms with van der Waals surface area (Å²) in [5.74, 6) is 0.961. The van der Waals surface area contributed by atoms with E-state index in [0.717, 1.165) is 31.6 Å². The van der Waals surface area contributed by atoms with Crippen LogP contribution >= 0.6 is 0 Å². The third-order valence-corrected chi connectivity index (χ3v) is 2.69. The van der Waals surface area contributed by atoms with Crippen LogP contribution in [0.2, 0.25) is 0 Å². The Bertz CT molecular complexity index is 362. The monoisotopic (exact) mass is 250 g/mol. The zero-order valence-corrected chi connectivity index (χ0v) is 11.8. The molecule has 2 atom stereocenters. The van der Waals surface area contributed by atoms with Crippen LogP contribution in [0.4, 0.5) is 0 Å². The van der Waals surface area contributed by atoms with Gasteiger partial charge in [-0.1, -0.05) is 19.1 Å². The zero-order chi connectivity index (χ0) is 13.5. The summed E-state index contributed by atoms with van der Waals surface area (Å²) in [6.45, 7) is 6.89. The van der Waals surface area contributed by atoms with E-state index in [1.54, 1.807) is 0 Å². The number of benzene rings is 1. The minimum absolute atomic E-state index is 0.138. The van der Waals surface area contributed by atoms with Gasteiger partial charge in [0.25, 0.3) is 0 Å². The maximum atomic E-state index is 5.89. The first-order valence-corrected chi connectivity index (χ1v) is 6.78. The molecule has 0 saturated heterocycles. The van der Waals surface area contributed by atoms with Crippen molar-refractivity contribution in [2.75, 3.05) is 6.61 Å².